The molecular formula is C19H24F3IN6O2. The third-order valence-electron chi connectivity index (χ3n) is 4.54. The van der Waals surface area contributed by atoms with E-state index in [1.165, 1.54) is 6.07 Å². The highest BCUT2D eigenvalue weighted by molar-refractivity contribution is 14.0. The average Bonchev–Trinajstić information content (AvgIpc) is 3.13. The first kappa shape index (κ1) is 24.8. The molecule has 31 heavy (non-hydrogen) atoms. The van der Waals surface area contributed by atoms with Crippen LogP contribution in [0, 0.1) is 0 Å². The Hall–Kier alpha value is -2.51. The van der Waals surface area contributed by atoms with E-state index in [2.05, 4.69) is 15.4 Å². The van der Waals surface area contributed by atoms with E-state index >= 15 is 0 Å². The normalized spacial score (nSPS) is 15.0. The first-order chi connectivity index (χ1) is 14.3. The number of nitrogens with zero attached hydrogens (tertiary/aromatic N) is 5. The molecule has 1 aliphatic rings. The number of rotatable bonds is 5. The van der Waals surface area contributed by atoms with Gasteiger partial charge >= 0.3 is 6.18 Å². The zero-order valence-electron chi connectivity index (χ0n) is 17.1. The molecule has 0 unspecified atom stereocenters. The van der Waals surface area contributed by atoms with Gasteiger partial charge in [-0.1, -0.05) is 18.2 Å². The van der Waals surface area contributed by atoms with E-state index < -0.39 is 12.8 Å². The number of aryl methyl sites for hydroxylation is 1. The second kappa shape index (κ2) is 10.7. The number of alkyl halides is 3. The number of halogens is 4. The predicted octanol–water partition coefficient (Wildman–Crippen LogP) is 2.40. The van der Waals surface area contributed by atoms with Gasteiger partial charge in [-0.05, 0) is 6.07 Å². The molecule has 8 nitrogen and oxygen atoms in total. The molecule has 0 radical (unpaired) electrons. The van der Waals surface area contributed by atoms with Gasteiger partial charge in [0.15, 0.2) is 12.6 Å². The number of anilines is 1. The summed E-state index contributed by atoms with van der Waals surface area (Å²) in [5.74, 6) is 0.543. The summed E-state index contributed by atoms with van der Waals surface area (Å²) in [5, 5.41) is 7.19. The van der Waals surface area contributed by atoms with Crippen molar-refractivity contribution in [3.05, 3.63) is 42.2 Å². The van der Waals surface area contributed by atoms with Gasteiger partial charge in [-0.25, -0.2) is 0 Å². The number of ether oxygens (including phenoxy) is 1. The number of hydrogen-bond acceptors (Lipinski definition) is 4. The summed E-state index contributed by atoms with van der Waals surface area (Å²) < 4.78 is 43.9. The number of carbonyl (C=O) groups is 1. The molecule has 12 heteroatoms. The highest BCUT2D eigenvalue weighted by Gasteiger charge is 2.29. The number of nitrogens with one attached hydrogen (secondary N) is 1. The van der Waals surface area contributed by atoms with Crippen molar-refractivity contribution in [2.24, 2.45) is 12.0 Å². The number of aliphatic imine (C=N–C) groups is 1. The first-order valence-corrected chi connectivity index (χ1v) is 9.29. The van der Waals surface area contributed by atoms with Gasteiger partial charge in [0.2, 0.25) is 5.91 Å². The van der Waals surface area contributed by atoms with Crippen LogP contribution >= 0.6 is 24.0 Å². The number of para-hydroxylation sites is 1. The molecule has 0 bridgehead atoms. The van der Waals surface area contributed by atoms with Crippen LogP contribution in [0.3, 0.4) is 0 Å². The number of guanidine groups is 1. The fourth-order valence-electron chi connectivity index (χ4n) is 3.13. The van der Waals surface area contributed by atoms with Crippen molar-refractivity contribution in [1.82, 2.24) is 20.0 Å². The third-order valence-corrected chi connectivity index (χ3v) is 4.54. The van der Waals surface area contributed by atoms with Crippen molar-refractivity contribution in [2.75, 3.05) is 38.2 Å². The summed E-state index contributed by atoms with van der Waals surface area (Å²) in [6, 6.07) is 6.50. The van der Waals surface area contributed by atoms with Crippen LogP contribution in [-0.2, 0) is 18.4 Å². The maximum Gasteiger partial charge on any atom is 0.422 e. The lowest BCUT2D eigenvalue weighted by Crippen LogP contribution is -2.55. The SMILES string of the molecule is CN=C(NCc1ccccc1OCC(F)(F)F)N1CCN(c2cnn(C)c2)C(=O)C1.I. The molecule has 1 aromatic carbocycles. The predicted molar refractivity (Wildman–Crippen MR) is 121 cm³/mol. The van der Waals surface area contributed by atoms with Crippen LogP contribution in [0.5, 0.6) is 5.75 Å². The Labute approximate surface area is 195 Å². The van der Waals surface area contributed by atoms with Gasteiger partial charge in [0.1, 0.15) is 12.3 Å². The van der Waals surface area contributed by atoms with Crippen molar-refractivity contribution in [2.45, 2.75) is 12.7 Å². The zero-order chi connectivity index (χ0) is 21.7. The van der Waals surface area contributed by atoms with Gasteiger partial charge in [0.05, 0.1) is 11.9 Å². The molecule has 0 atom stereocenters. The van der Waals surface area contributed by atoms with Gasteiger partial charge in [-0.15, -0.1) is 24.0 Å². The van der Waals surface area contributed by atoms with E-state index in [1.54, 1.807) is 59.2 Å². The lowest BCUT2D eigenvalue weighted by Gasteiger charge is -2.35. The number of benzene rings is 1. The van der Waals surface area contributed by atoms with Crippen LogP contribution in [0.2, 0.25) is 0 Å². The lowest BCUT2D eigenvalue weighted by atomic mass is 10.2. The van der Waals surface area contributed by atoms with Gasteiger partial charge < -0.3 is 19.9 Å². The summed E-state index contributed by atoms with van der Waals surface area (Å²) in [7, 11) is 3.37. The van der Waals surface area contributed by atoms with Gasteiger partial charge in [-0.3, -0.25) is 14.5 Å². The maximum absolute atomic E-state index is 12.6. The smallest absolute Gasteiger partial charge is 0.422 e. The Kier molecular flexibility index (Phi) is 8.53. The van der Waals surface area contributed by atoms with Crippen LogP contribution in [0.15, 0.2) is 41.7 Å². The summed E-state index contributed by atoms with van der Waals surface area (Å²) in [4.78, 5) is 20.2. The molecule has 1 aliphatic heterocycles. The Bertz CT molecular complexity index is 918. The second-order valence-electron chi connectivity index (χ2n) is 6.75. The van der Waals surface area contributed by atoms with E-state index in [0.717, 1.165) is 5.69 Å². The molecule has 1 amide bonds. The summed E-state index contributed by atoms with van der Waals surface area (Å²) in [6.45, 7) is -0.00885. The fraction of sp³-hybridized carbons (Fsp3) is 0.421. The van der Waals surface area contributed by atoms with Crippen LogP contribution in [-0.4, -0.2) is 66.0 Å². The number of piperazine rings is 1. The maximum atomic E-state index is 12.6. The lowest BCUT2D eigenvalue weighted by molar-refractivity contribution is -0.153. The van der Waals surface area contributed by atoms with Crippen LogP contribution < -0.4 is 15.0 Å². The Balaban J connectivity index is 0.00000341. The Morgan fingerprint density at radius 2 is 2.03 bits per heavy atom. The van der Waals surface area contributed by atoms with Crippen molar-refractivity contribution in [3.63, 3.8) is 0 Å². The topological polar surface area (TPSA) is 75.0 Å². The first-order valence-electron chi connectivity index (χ1n) is 9.29. The van der Waals surface area contributed by atoms with Crippen molar-refractivity contribution in [3.8, 4) is 5.75 Å². The molecule has 1 saturated heterocycles. The highest BCUT2D eigenvalue weighted by atomic mass is 127. The molecule has 1 fully saturated rings. The van der Waals surface area contributed by atoms with Crippen molar-refractivity contribution < 1.29 is 22.7 Å². The van der Waals surface area contributed by atoms with E-state index in [-0.39, 0.29) is 48.7 Å². The summed E-state index contributed by atoms with van der Waals surface area (Å²) in [6.07, 6.45) is -0.998. The Morgan fingerprint density at radius 3 is 2.65 bits per heavy atom. The quantitative estimate of drug-likeness (QED) is 0.351. The van der Waals surface area contributed by atoms with E-state index in [0.29, 0.717) is 24.6 Å². The standard InChI is InChI=1S/C19H23F3N6O2.HI/c1-23-18(24-9-14-5-3-4-6-16(14)30-13-19(20,21)22)27-7-8-28(17(29)12-27)15-10-25-26(2)11-15;/h3-6,10-11H,7-9,12-13H2,1-2H3,(H,23,24);1H. The molecule has 0 saturated carbocycles. The number of amides is 1. The molecule has 170 valence electrons. The van der Waals surface area contributed by atoms with Crippen LogP contribution in [0.1, 0.15) is 5.56 Å². The molecule has 0 spiro atoms. The minimum Gasteiger partial charge on any atom is -0.484 e. The van der Waals surface area contributed by atoms with Gasteiger partial charge in [0, 0.05) is 45.5 Å². The van der Waals surface area contributed by atoms with Gasteiger partial charge in [0.25, 0.3) is 0 Å². The molecule has 2 heterocycles. The molecule has 3 rings (SSSR count). The van der Waals surface area contributed by atoms with Crippen molar-refractivity contribution in [1.29, 1.82) is 0 Å². The van der Waals surface area contributed by atoms with E-state index in [1.807, 2.05) is 0 Å². The molecule has 0 aliphatic carbocycles. The Morgan fingerprint density at radius 1 is 1.29 bits per heavy atom. The molecule has 2 aromatic rings. The van der Waals surface area contributed by atoms with Gasteiger partial charge in [-0.2, -0.15) is 18.3 Å². The number of aromatic nitrogens is 2. The highest BCUT2D eigenvalue weighted by Crippen LogP contribution is 2.22. The minimum absolute atomic E-state index is 0. The molecule has 1 N–H and O–H groups in total. The third kappa shape index (κ3) is 6.74. The molecule has 1 aromatic heterocycles. The second-order valence-corrected chi connectivity index (χ2v) is 6.75. The largest absolute Gasteiger partial charge is 0.484 e. The van der Waals surface area contributed by atoms with Crippen LogP contribution in [0.25, 0.3) is 0 Å². The number of hydrogen-bond donors (Lipinski definition) is 1. The van der Waals surface area contributed by atoms with E-state index in [4.69, 9.17) is 4.74 Å². The number of carbonyl (C=O) groups excluding carboxylic acids is 1. The van der Waals surface area contributed by atoms with E-state index in [9.17, 15) is 18.0 Å². The zero-order valence-corrected chi connectivity index (χ0v) is 19.4. The fourth-order valence-corrected chi connectivity index (χ4v) is 3.13. The summed E-state index contributed by atoms with van der Waals surface area (Å²) in [5.41, 5.74) is 1.30. The average molecular weight is 552 g/mol. The monoisotopic (exact) mass is 552 g/mol. The summed E-state index contributed by atoms with van der Waals surface area (Å²) >= 11 is 0. The minimum atomic E-state index is -4.41. The van der Waals surface area contributed by atoms with Crippen molar-refractivity contribution >= 4 is 41.5 Å². The van der Waals surface area contributed by atoms with Crippen LogP contribution in [0.4, 0.5) is 18.9 Å². The molecular weight excluding hydrogens is 528 g/mol.